The van der Waals surface area contributed by atoms with Gasteiger partial charge in [-0.15, -0.1) is 0 Å². The molecule has 0 heterocycles. The monoisotopic (exact) mass is 1670 g/mol. The zero-order valence-corrected chi connectivity index (χ0v) is 46.7. The van der Waals surface area contributed by atoms with E-state index >= 15 is 0 Å². The Hall–Kier alpha value is 0.540. The lowest BCUT2D eigenvalue weighted by Crippen LogP contribution is -2.08. The summed E-state index contributed by atoms with van der Waals surface area (Å²) in [5.41, 5.74) is -0.878. The van der Waals surface area contributed by atoms with Gasteiger partial charge in [0, 0.05) is 30.4 Å². The highest BCUT2D eigenvalue weighted by molar-refractivity contribution is 14.1. The third-order valence-electron chi connectivity index (χ3n) is 6.11. The van der Waals surface area contributed by atoms with Crippen LogP contribution in [-0.2, 0) is 12.4 Å². The van der Waals surface area contributed by atoms with E-state index in [0.29, 0.717) is 9.64 Å². The van der Waals surface area contributed by atoms with Crippen molar-refractivity contribution < 1.29 is 43.9 Å². The predicted octanol–water partition coefficient (Wildman–Crippen LogP) is 19.5. The van der Waals surface area contributed by atoms with Crippen LogP contribution in [0, 0.1) is 51.6 Å². The number of benzene rings is 6. The average molecular weight is 1670 g/mol. The Kier molecular flexibility index (Phi) is 27.8. The molecule has 6 rings (SSSR count). The number of rotatable bonds is 0. The summed E-state index contributed by atoms with van der Waals surface area (Å²) in [4.78, 5) is 0. The molecule has 0 atom stereocenters. The van der Waals surface area contributed by atoms with Gasteiger partial charge < -0.3 is 0 Å². The molecule has 0 radical (unpaired) electrons. The van der Waals surface area contributed by atoms with Crippen molar-refractivity contribution in [2.75, 3.05) is 0 Å². The molecule has 0 saturated heterocycles. The van der Waals surface area contributed by atoms with Crippen LogP contribution in [0.2, 0.25) is 10.0 Å². The Bertz CT molecular complexity index is 2110. The molecule has 0 amide bonds. The largest absolute Gasteiger partial charge is 0.419 e. The van der Waals surface area contributed by atoms with Gasteiger partial charge in [-0.2, -0.15) is 26.3 Å². The molecule has 0 aromatic heterocycles. The zero-order chi connectivity index (χ0) is 45.2. The fraction of sp³-hybridized carbons (Fsp3) is 0.0769. The van der Waals surface area contributed by atoms with Crippen molar-refractivity contribution in [1.29, 1.82) is 0 Å². The van der Waals surface area contributed by atoms with Gasteiger partial charge in [-0.1, -0.05) is 67.2 Å². The second-order valence-electron chi connectivity index (χ2n) is 10.7. The first-order valence-electron chi connectivity index (χ1n) is 15.3. The molecule has 20 heteroatoms. The summed E-state index contributed by atoms with van der Waals surface area (Å²) in [6.45, 7) is 2.08. The molecule has 0 spiro atoms. The molecule has 0 aliphatic heterocycles. The molecule has 0 saturated carbocycles. The number of hydrogen-bond donors (Lipinski definition) is 0. The van der Waals surface area contributed by atoms with Gasteiger partial charge in [0.05, 0.1) is 21.2 Å². The number of alkyl halides is 6. The van der Waals surface area contributed by atoms with Crippen molar-refractivity contribution in [2.24, 2.45) is 0 Å². The first-order valence-corrected chi connectivity index (χ1v) is 24.1. The van der Waals surface area contributed by atoms with Gasteiger partial charge in [0.1, 0.15) is 23.3 Å². The lowest BCUT2D eigenvalue weighted by molar-refractivity contribution is -0.140. The molecule has 6 aromatic rings. The van der Waals surface area contributed by atoms with Crippen molar-refractivity contribution in [2.45, 2.75) is 19.3 Å². The zero-order valence-electron chi connectivity index (χ0n) is 29.0. The van der Waals surface area contributed by atoms with Gasteiger partial charge >= 0.3 is 12.4 Å². The van der Waals surface area contributed by atoms with Gasteiger partial charge in [0.2, 0.25) is 0 Å². The maximum atomic E-state index is 12.5. The molecule has 318 valence electrons. The number of halogens is 20. The molecule has 0 aliphatic rings. The minimum Gasteiger partial charge on any atom is -0.207 e. The summed E-state index contributed by atoms with van der Waals surface area (Å²) in [5.74, 6) is -2.82. The fourth-order valence-electron chi connectivity index (χ4n) is 3.40. The van der Waals surface area contributed by atoms with E-state index in [9.17, 15) is 43.9 Å². The van der Waals surface area contributed by atoms with Crippen molar-refractivity contribution in [3.05, 3.63) is 196 Å². The first-order chi connectivity index (χ1) is 27.2. The molecule has 0 nitrogen and oxygen atoms in total. The van der Waals surface area contributed by atoms with E-state index in [-0.39, 0.29) is 25.2 Å². The molecule has 59 heavy (non-hydrogen) atoms. The minimum absolute atomic E-state index is 0.176. The van der Waals surface area contributed by atoms with E-state index in [1.165, 1.54) is 35.4 Å². The molecular formula is C39H22Br2Cl2F10I6. The normalized spacial score (nSPS) is 10.5. The van der Waals surface area contributed by atoms with Crippen LogP contribution in [0.1, 0.15) is 16.7 Å². The van der Waals surface area contributed by atoms with Crippen molar-refractivity contribution in [1.82, 2.24) is 0 Å². The van der Waals surface area contributed by atoms with E-state index in [0.717, 1.165) is 35.9 Å². The van der Waals surface area contributed by atoms with Crippen LogP contribution in [0.5, 0.6) is 0 Å². The van der Waals surface area contributed by atoms with Crippen LogP contribution in [0.25, 0.3) is 0 Å². The van der Waals surface area contributed by atoms with E-state index in [1.807, 2.05) is 34.7 Å². The summed E-state index contributed by atoms with van der Waals surface area (Å²) >= 11 is 29.6. The van der Waals surface area contributed by atoms with Crippen molar-refractivity contribution in [3.8, 4) is 0 Å². The van der Waals surface area contributed by atoms with Crippen LogP contribution >= 0.6 is 191 Å². The van der Waals surface area contributed by atoms with E-state index in [1.54, 1.807) is 69.4 Å². The lowest BCUT2D eigenvalue weighted by Gasteiger charge is -2.07. The highest BCUT2D eigenvalue weighted by Crippen LogP contribution is 2.32. The topological polar surface area (TPSA) is 0 Å². The van der Waals surface area contributed by atoms with Gasteiger partial charge in [-0.3, -0.25) is 0 Å². The summed E-state index contributed by atoms with van der Waals surface area (Å²) in [5, 5.41) is 0.359. The smallest absolute Gasteiger partial charge is 0.207 e. The quantitative estimate of drug-likeness (QED) is 0.0808. The Morgan fingerprint density at radius 2 is 0.966 bits per heavy atom. The van der Waals surface area contributed by atoms with Crippen LogP contribution in [0.15, 0.2) is 124 Å². The maximum Gasteiger partial charge on any atom is 0.419 e. The summed E-state index contributed by atoms with van der Waals surface area (Å²) in [7, 11) is 0. The number of hydrogen-bond acceptors (Lipinski definition) is 0. The standard InChI is InChI=1S/C7H6BrI.2C7H3F4I.C6H4BrI.2C6H3ClFI/c1-5-2-3-6(9)4-7(5)8;8-5-1-4(7(9,10)11)2-6(12)3-5;8-6-2-1-4(12)3-5(6)7(9,10)11;7-5-2-1-3-6(8)4-5;7-5-3-4(9)1-2-6(5)8;7-5-2-1-4(9)3-6(5)8/h2-4H,1H3;2*1-3H;1-4H;2*1-3H. The summed E-state index contributed by atoms with van der Waals surface area (Å²) in [6.07, 6.45) is -9.08. The highest BCUT2D eigenvalue weighted by Gasteiger charge is 2.34. The molecule has 0 aliphatic carbocycles. The van der Waals surface area contributed by atoms with Crippen LogP contribution < -0.4 is 0 Å². The predicted molar refractivity (Wildman–Crippen MR) is 275 cm³/mol. The molecule has 0 bridgehead atoms. The Morgan fingerprint density at radius 3 is 1.37 bits per heavy atom. The van der Waals surface area contributed by atoms with E-state index in [2.05, 4.69) is 137 Å². The third-order valence-corrected chi connectivity index (χ3v) is 12.0. The average Bonchev–Trinajstić information content (AvgIpc) is 3.11. The molecule has 0 N–H and O–H groups in total. The van der Waals surface area contributed by atoms with Gasteiger partial charge in [-0.25, -0.2) is 17.6 Å². The second kappa shape index (κ2) is 28.4. The highest BCUT2D eigenvalue weighted by atomic mass is 127. The van der Waals surface area contributed by atoms with E-state index < -0.39 is 35.1 Å². The molecular weight excluding hydrogens is 1650 g/mol. The summed E-state index contributed by atoms with van der Waals surface area (Å²) in [6, 6.07) is 29.0. The first kappa shape index (κ1) is 57.6. The Morgan fingerprint density at radius 1 is 0.458 bits per heavy atom. The Balaban J connectivity index is 0.000000356. The van der Waals surface area contributed by atoms with Crippen molar-refractivity contribution >= 4 is 191 Å². The minimum atomic E-state index is -4.61. The third kappa shape index (κ3) is 25.0. The fourth-order valence-corrected chi connectivity index (χ4v) is 8.62. The van der Waals surface area contributed by atoms with Gasteiger partial charge in [0.25, 0.3) is 0 Å². The molecule has 6 aromatic carbocycles. The second-order valence-corrected chi connectivity index (χ2v) is 20.8. The molecule has 0 fully saturated rings. The lowest BCUT2D eigenvalue weighted by atomic mass is 10.2. The maximum absolute atomic E-state index is 12.5. The van der Waals surface area contributed by atoms with Crippen LogP contribution in [0.3, 0.4) is 0 Å². The van der Waals surface area contributed by atoms with Crippen LogP contribution in [0.4, 0.5) is 43.9 Å². The Labute approximate surface area is 442 Å². The van der Waals surface area contributed by atoms with Gasteiger partial charge in [0.15, 0.2) is 0 Å². The van der Waals surface area contributed by atoms with E-state index in [4.69, 9.17) is 23.2 Å². The SMILES string of the molecule is Brc1cccc(I)c1.Cc1ccc(I)cc1Br.Fc1cc(I)cc(C(F)(F)F)c1.Fc1cc(I)ccc1Cl.Fc1ccc(I)cc1C(F)(F)F.Fc1ccc(I)cc1Cl. The number of aryl methyl sites for hydroxylation is 1. The van der Waals surface area contributed by atoms with Crippen molar-refractivity contribution in [3.63, 3.8) is 0 Å². The van der Waals surface area contributed by atoms with Crippen LogP contribution in [-0.4, -0.2) is 0 Å². The molecule has 0 unspecified atom stereocenters. The summed E-state index contributed by atoms with van der Waals surface area (Å²) < 4.78 is 129. The van der Waals surface area contributed by atoms with Gasteiger partial charge in [-0.05, 0) is 251 Å².